The molecule has 1 N–H and O–H groups in total. The Morgan fingerprint density at radius 1 is 1.03 bits per heavy atom. The monoisotopic (exact) mass is 492 g/mol. The molecule has 4 aromatic rings. The molecular weight excluding hydrogens is 467 g/mol. The molecule has 0 radical (unpaired) electrons. The maximum atomic E-state index is 14.5. The largest absolute Gasteiger partial charge is 0.497 e. The predicted octanol–water partition coefficient (Wildman–Crippen LogP) is 5.30. The van der Waals surface area contributed by atoms with Crippen molar-refractivity contribution in [2.24, 2.45) is 0 Å². The van der Waals surface area contributed by atoms with E-state index in [0.717, 1.165) is 16.7 Å². The number of carbonyl (C=O) groups is 1. The molecule has 36 heavy (non-hydrogen) atoms. The smallest absolute Gasteiger partial charge is 0.329 e. The van der Waals surface area contributed by atoms with Crippen LogP contribution in [0.25, 0.3) is 33.6 Å². The molecular formula is C27H25FN2O6. The molecule has 1 aliphatic carbocycles. The van der Waals surface area contributed by atoms with Gasteiger partial charge in [-0.3, -0.25) is 0 Å². The number of aliphatic carboxylic acids is 1. The van der Waals surface area contributed by atoms with Gasteiger partial charge in [0.2, 0.25) is 11.6 Å². The van der Waals surface area contributed by atoms with Gasteiger partial charge < -0.3 is 23.7 Å². The Hall–Kier alpha value is -3.98. The molecule has 0 aliphatic heterocycles. The van der Waals surface area contributed by atoms with Crippen molar-refractivity contribution in [3.05, 3.63) is 60.9 Å². The maximum absolute atomic E-state index is 14.5. The highest BCUT2D eigenvalue weighted by molar-refractivity contribution is 6.03. The van der Waals surface area contributed by atoms with Crippen LogP contribution in [-0.4, -0.2) is 53.1 Å². The van der Waals surface area contributed by atoms with E-state index in [-0.39, 0.29) is 18.7 Å². The van der Waals surface area contributed by atoms with Gasteiger partial charge in [0.05, 0.1) is 13.2 Å². The first-order valence-corrected chi connectivity index (χ1v) is 11.6. The second-order valence-electron chi connectivity index (χ2n) is 8.63. The molecule has 3 atom stereocenters. The summed E-state index contributed by atoms with van der Waals surface area (Å²) in [5.74, 6) is 0.495. The maximum Gasteiger partial charge on any atom is 0.329 e. The average molecular weight is 493 g/mol. The first kappa shape index (κ1) is 23.7. The van der Waals surface area contributed by atoms with E-state index >= 15 is 0 Å². The SMILES string of the molecule is COc1ccc(-c2c(-c3ccccc3)oc3ncnc(OC4C[C@@H](F)C[C@H](OCC(=O)O)C4)c23)cc1. The fourth-order valence-corrected chi connectivity index (χ4v) is 4.55. The Bertz CT molecular complexity index is 1340. The Labute approximate surface area is 206 Å². The highest BCUT2D eigenvalue weighted by Crippen LogP contribution is 2.44. The van der Waals surface area contributed by atoms with Gasteiger partial charge in [0.15, 0.2) is 0 Å². The summed E-state index contributed by atoms with van der Waals surface area (Å²) in [6.07, 6.45) is -0.304. The van der Waals surface area contributed by atoms with Crippen LogP contribution >= 0.6 is 0 Å². The van der Waals surface area contributed by atoms with Crippen LogP contribution in [0.15, 0.2) is 65.3 Å². The zero-order valence-electron chi connectivity index (χ0n) is 19.6. The molecule has 0 saturated heterocycles. The first-order chi connectivity index (χ1) is 17.5. The zero-order valence-corrected chi connectivity index (χ0v) is 19.6. The van der Waals surface area contributed by atoms with E-state index in [1.807, 2.05) is 54.6 Å². The van der Waals surface area contributed by atoms with Gasteiger partial charge in [0.1, 0.15) is 42.1 Å². The third-order valence-corrected chi connectivity index (χ3v) is 6.15. The number of halogens is 1. The van der Waals surface area contributed by atoms with Crippen LogP contribution < -0.4 is 9.47 Å². The second-order valence-corrected chi connectivity index (χ2v) is 8.63. The summed E-state index contributed by atoms with van der Waals surface area (Å²) in [6.45, 7) is -0.481. The summed E-state index contributed by atoms with van der Waals surface area (Å²) >= 11 is 0. The number of ether oxygens (including phenoxy) is 3. The van der Waals surface area contributed by atoms with E-state index in [0.29, 0.717) is 29.0 Å². The molecule has 186 valence electrons. The lowest BCUT2D eigenvalue weighted by atomic mass is 9.93. The summed E-state index contributed by atoms with van der Waals surface area (Å²) in [5, 5.41) is 9.49. The fraction of sp³-hybridized carbons (Fsp3) is 0.296. The third kappa shape index (κ3) is 5.01. The van der Waals surface area contributed by atoms with E-state index in [1.54, 1.807) is 7.11 Å². The lowest BCUT2D eigenvalue weighted by Crippen LogP contribution is -2.36. The Morgan fingerprint density at radius 3 is 2.50 bits per heavy atom. The van der Waals surface area contributed by atoms with Crippen LogP contribution in [0.4, 0.5) is 4.39 Å². The molecule has 1 aliphatic rings. The van der Waals surface area contributed by atoms with Gasteiger partial charge in [-0.15, -0.1) is 0 Å². The fourth-order valence-electron chi connectivity index (χ4n) is 4.55. The average Bonchev–Trinajstić information content (AvgIpc) is 3.28. The van der Waals surface area contributed by atoms with E-state index in [4.69, 9.17) is 23.7 Å². The van der Waals surface area contributed by atoms with Gasteiger partial charge in [0, 0.05) is 30.4 Å². The van der Waals surface area contributed by atoms with Crippen LogP contribution in [-0.2, 0) is 9.53 Å². The summed E-state index contributed by atoms with van der Waals surface area (Å²) in [5.41, 5.74) is 2.80. The molecule has 0 amide bonds. The van der Waals surface area contributed by atoms with Crippen molar-refractivity contribution < 1.29 is 32.9 Å². The molecule has 1 saturated carbocycles. The Balaban J connectivity index is 1.56. The number of fused-ring (bicyclic) bond motifs is 1. The molecule has 1 fully saturated rings. The van der Waals surface area contributed by atoms with Gasteiger partial charge in [-0.1, -0.05) is 42.5 Å². The van der Waals surface area contributed by atoms with E-state index in [1.165, 1.54) is 6.33 Å². The van der Waals surface area contributed by atoms with Gasteiger partial charge in [0.25, 0.3) is 0 Å². The minimum atomic E-state index is -1.18. The number of alkyl halides is 1. The van der Waals surface area contributed by atoms with Crippen molar-refractivity contribution in [2.75, 3.05) is 13.7 Å². The molecule has 2 aromatic carbocycles. The van der Waals surface area contributed by atoms with Gasteiger partial charge >= 0.3 is 5.97 Å². The number of carboxylic acid groups (broad SMARTS) is 1. The number of nitrogens with zero attached hydrogens (tertiary/aromatic N) is 2. The minimum Gasteiger partial charge on any atom is -0.497 e. The van der Waals surface area contributed by atoms with Gasteiger partial charge in [-0.25, -0.2) is 19.2 Å². The molecule has 0 spiro atoms. The topological polar surface area (TPSA) is 104 Å². The van der Waals surface area contributed by atoms with Crippen LogP contribution in [0.2, 0.25) is 0 Å². The number of benzene rings is 2. The lowest BCUT2D eigenvalue weighted by Gasteiger charge is -2.31. The molecule has 2 aromatic heterocycles. The number of methoxy groups -OCH3 is 1. The van der Waals surface area contributed by atoms with Crippen molar-refractivity contribution in [3.63, 3.8) is 0 Å². The zero-order chi connectivity index (χ0) is 25.1. The molecule has 2 heterocycles. The second kappa shape index (κ2) is 10.3. The molecule has 8 nitrogen and oxygen atoms in total. The number of rotatable bonds is 8. The van der Waals surface area contributed by atoms with Crippen molar-refractivity contribution in [1.29, 1.82) is 0 Å². The minimum absolute atomic E-state index is 0.132. The summed E-state index contributed by atoms with van der Waals surface area (Å²) < 4.78 is 37.6. The van der Waals surface area contributed by atoms with E-state index in [2.05, 4.69) is 9.97 Å². The van der Waals surface area contributed by atoms with Crippen LogP contribution in [0.3, 0.4) is 0 Å². The Kier molecular flexibility index (Phi) is 6.81. The number of aromatic nitrogens is 2. The molecule has 0 bridgehead atoms. The van der Waals surface area contributed by atoms with E-state index in [9.17, 15) is 9.18 Å². The highest BCUT2D eigenvalue weighted by Gasteiger charge is 2.33. The van der Waals surface area contributed by atoms with E-state index < -0.39 is 31.0 Å². The van der Waals surface area contributed by atoms with Crippen molar-refractivity contribution in [3.8, 4) is 34.1 Å². The van der Waals surface area contributed by atoms with Crippen LogP contribution in [0.5, 0.6) is 11.6 Å². The normalized spacial score (nSPS) is 19.8. The lowest BCUT2D eigenvalue weighted by molar-refractivity contribution is -0.146. The standard InChI is InChI=1S/C27H25FN2O6/c1-33-19-9-7-16(8-10-19)23-24-26(35-21-12-18(28)11-20(13-21)34-14-22(31)32)29-15-30-27(24)36-25(23)17-5-3-2-4-6-17/h2-10,15,18,20-21H,11-14H2,1H3,(H,31,32)/t18-,20-,21?/m0/s1. The quantitative estimate of drug-likeness (QED) is 0.353. The summed E-state index contributed by atoms with van der Waals surface area (Å²) in [6, 6.07) is 17.2. The molecule has 9 heteroatoms. The van der Waals surface area contributed by atoms with Gasteiger partial charge in [-0.2, -0.15) is 0 Å². The van der Waals surface area contributed by atoms with Crippen molar-refractivity contribution >= 4 is 17.1 Å². The predicted molar refractivity (Wildman–Crippen MR) is 130 cm³/mol. The number of furan rings is 1. The van der Waals surface area contributed by atoms with Crippen LogP contribution in [0.1, 0.15) is 19.3 Å². The molecule has 5 rings (SSSR count). The molecule has 1 unspecified atom stereocenters. The third-order valence-electron chi connectivity index (χ3n) is 6.15. The Morgan fingerprint density at radius 2 is 1.78 bits per heavy atom. The van der Waals surface area contributed by atoms with Crippen molar-refractivity contribution in [2.45, 2.75) is 37.6 Å². The number of hydrogen-bond acceptors (Lipinski definition) is 7. The summed E-state index contributed by atoms with van der Waals surface area (Å²) in [7, 11) is 1.60. The van der Waals surface area contributed by atoms with Crippen molar-refractivity contribution in [1.82, 2.24) is 9.97 Å². The summed E-state index contributed by atoms with van der Waals surface area (Å²) in [4.78, 5) is 19.6. The number of carboxylic acids is 1. The highest BCUT2D eigenvalue weighted by atomic mass is 19.1. The van der Waals surface area contributed by atoms with Gasteiger partial charge in [-0.05, 0) is 17.7 Å². The van der Waals surface area contributed by atoms with Crippen LogP contribution in [0, 0.1) is 0 Å². The first-order valence-electron chi connectivity index (χ1n) is 11.6. The number of hydrogen-bond donors (Lipinski definition) is 1.